The standard InChI is InChI=1S/C16H19FN2O3/c1-10-7-12(4-5-13(10)17)18-15(22)19-8-11-3-2-6-16(11,9-19)14(20)21/h4-5,7,11H,2-3,6,8-9H2,1H3,(H,18,22)(H,20,21)/t11-,16+/m0/s1. The molecule has 2 atom stereocenters. The zero-order chi connectivity index (χ0) is 15.9. The van der Waals surface area contributed by atoms with Gasteiger partial charge in [-0.15, -0.1) is 0 Å². The first-order chi connectivity index (χ1) is 10.4. The minimum atomic E-state index is -0.803. The van der Waals surface area contributed by atoms with Crippen LogP contribution in [0.4, 0.5) is 14.9 Å². The van der Waals surface area contributed by atoms with Crippen molar-refractivity contribution in [3.8, 4) is 0 Å². The van der Waals surface area contributed by atoms with Gasteiger partial charge in [-0.25, -0.2) is 9.18 Å². The van der Waals surface area contributed by atoms with Crippen LogP contribution in [0.3, 0.4) is 0 Å². The van der Waals surface area contributed by atoms with E-state index in [1.165, 1.54) is 12.1 Å². The number of amides is 2. The van der Waals surface area contributed by atoms with Crippen molar-refractivity contribution in [1.29, 1.82) is 0 Å². The summed E-state index contributed by atoms with van der Waals surface area (Å²) in [7, 11) is 0. The monoisotopic (exact) mass is 306 g/mol. The van der Waals surface area contributed by atoms with Crippen LogP contribution in [-0.2, 0) is 4.79 Å². The van der Waals surface area contributed by atoms with Crippen molar-refractivity contribution in [2.45, 2.75) is 26.2 Å². The Labute approximate surface area is 128 Å². The van der Waals surface area contributed by atoms with E-state index in [1.807, 2.05) is 0 Å². The number of rotatable bonds is 2. The third-order valence-electron chi connectivity index (χ3n) is 4.99. The zero-order valence-electron chi connectivity index (χ0n) is 12.4. The van der Waals surface area contributed by atoms with Crippen LogP contribution in [0.2, 0.25) is 0 Å². The van der Waals surface area contributed by atoms with Gasteiger partial charge in [-0.3, -0.25) is 4.79 Å². The highest BCUT2D eigenvalue weighted by molar-refractivity contribution is 5.90. The number of carbonyl (C=O) groups is 2. The molecule has 118 valence electrons. The van der Waals surface area contributed by atoms with Gasteiger partial charge < -0.3 is 15.3 Å². The maximum atomic E-state index is 13.2. The Morgan fingerprint density at radius 2 is 2.23 bits per heavy atom. The Morgan fingerprint density at radius 3 is 2.86 bits per heavy atom. The molecule has 2 fully saturated rings. The molecule has 0 unspecified atom stereocenters. The van der Waals surface area contributed by atoms with Crippen LogP contribution >= 0.6 is 0 Å². The van der Waals surface area contributed by atoms with E-state index < -0.39 is 11.4 Å². The highest BCUT2D eigenvalue weighted by atomic mass is 19.1. The second kappa shape index (κ2) is 5.26. The normalized spacial score (nSPS) is 26.8. The summed E-state index contributed by atoms with van der Waals surface area (Å²) in [6.45, 7) is 2.35. The number of benzene rings is 1. The molecule has 5 nitrogen and oxygen atoms in total. The number of halogens is 1. The van der Waals surface area contributed by atoms with E-state index in [0.717, 1.165) is 12.8 Å². The van der Waals surface area contributed by atoms with Gasteiger partial charge in [0, 0.05) is 18.8 Å². The van der Waals surface area contributed by atoms with E-state index in [4.69, 9.17) is 0 Å². The predicted molar refractivity (Wildman–Crippen MR) is 79.1 cm³/mol. The quantitative estimate of drug-likeness (QED) is 0.882. The molecule has 1 saturated heterocycles. The number of aryl methyl sites for hydroxylation is 1. The number of aliphatic carboxylic acids is 1. The first-order valence-corrected chi connectivity index (χ1v) is 7.48. The number of likely N-dealkylation sites (tertiary alicyclic amines) is 1. The Hall–Kier alpha value is -2.11. The molecular formula is C16H19FN2O3. The molecule has 1 aromatic rings. The van der Waals surface area contributed by atoms with Gasteiger partial charge in [0.25, 0.3) is 0 Å². The van der Waals surface area contributed by atoms with Crippen LogP contribution in [0.5, 0.6) is 0 Å². The number of carboxylic acids is 1. The fourth-order valence-electron chi connectivity index (χ4n) is 3.72. The number of fused-ring (bicyclic) bond motifs is 1. The summed E-state index contributed by atoms with van der Waals surface area (Å²) in [6.07, 6.45) is 2.39. The van der Waals surface area contributed by atoms with Gasteiger partial charge in [-0.2, -0.15) is 0 Å². The largest absolute Gasteiger partial charge is 0.481 e. The van der Waals surface area contributed by atoms with E-state index in [-0.39, 0.29) is 24.3 Å². The molecule has 1 heterocycles. The van der Waals surface area contributed by atoms with Crippen molar-refractivity contribution in [2.75, 3.05) is 18.4 Å². The Morgan fingerprint density at radius 1 is 1.45 bits per heavy atom. The van der Waals surface area contributed by atoms with E-state index in [0.29, 0.717) is 24.2 Å². The van der Waals surface area contributed by atoms with Crippen molar-refractivity contribution in [3.63, 3.8) is 0 Å². The second-order valence-corrected chi connectivity index (χ2v) is 6.33. The lowest BCUT2D eigenvalue weighted by Gasteiger charge is -2.23. The molecule has 1 aliphatic heterocycles. The first kappa shape index (κ1) is 14.8. The van der Waals surface area contributed by atoms with Crippen LogP contribution in [0.15, 0.2) is 18.2 Å². The van der Waals surface area contributed by atoms with E-state index >= 15 is 0 Å². The summed E-state index contributed by atoms with van der Waals surface area (Å²) in [5, 5.41) is 12.3. The molecule has 1 aliphatic carbocycles. The van der Waals surface area contributed by atoms with Gasteiger partial charge in [-0.1, -0.05) is 6.42 Å². The molecule has 0 radical (unpaired) electrons. The average molecular weight is 306 g/mol. The Balaban J connectivity index is 1.71. The van der Waals surface area contributed by atoms with Crippen LogP contribution in [0.1, 0.15) is 24.8 Å². The molecular weight excluding hydrogens is 287 g/mol. The van der Waals surface area contributed by atoms with E-state index in [9.17, 15) is 19.1 Å². The lowest BCUT2D eigenvalue weighted by atomic mass is 9.81. The van der Waals surface area contributed by atoms with Gasteiger partial charge >= 0.3 is 12.0 Å². The third kappa shape index (κ3) is 2.32. The van der Waals surface area contributed by atoms with E-state index in [1.54, 1.807) is 17.9 Å². The topological polar surface area (TPSA) is 69.6 Å². The summed E-state index contributed by atoms with van der Waals surface area (Å²) >= 11 is 0. The predicted octanol–water partition coefficient (Wildman–Crippen LogP) is 2.85. The molecule has 1 aromatic carbocycles. The fourth-order valence-corrected chi connectivity index (χ4v) is 3.72. The molecule has 0 aromatic heterocycles. The van der Waals surface area contributed by atoms with Crippen molar-refractivity contribution in [3.05, 3.63) is 29.6 Å². The smallest absolute Gasteiger partial charge is 0.321 e. The number of hydrogen-bond donors (Lipinski definition) is 2. The van der Waals surface area contributed by atoms with Crippen molar-refractivity contribution in [1.82, 2.24) is 4.90 Å². The van der Waals surface area contributed by atoms with Crippen LogP contribution in [-0.4, -0.2) is 35.1 Å². The molecule has 2 amide bonds. The van der Waals surface area contributed by atoms with Gasteiger partial charge in [0.05, 0.1) is 5.41 Å². The Kier molecular flexibility index (Phi) is 3.54. The number of anilines is 1. The molecule has 1 saturated carbocycles. The molecule has 0 bridgehead atoms. The lowest BCUT2D eigenvalue weighted by Crippen LogP contribution is -2.38. The van der Waals surface area contributed by atoms with Gasteiger partial charge in [0.2, 0.25) is 0 Å². The minimum absolute atomic E-state index is 0.0331. The second-order valence-electron chi connectivity index (χ2n) is 6.33. The van der Waals surface area contributed by atoms with Crippen molar-refractivity contribution >= 4 is 17.7 Å². The molecule has 2 aliphatic rings. The van der Waals surface area contributed by atoms with E-state index in [2.05, 4.69) is 5.32 Å². The number of carboxylic acid groups (broad SMARTS) is 1. The third-order valence-corrected chi connectivity index (χ3v) is 4.99. The van der Waals surface area contributed by atoms with Crippen LogP contribution in [0, 0.1) is 24.1 Å². The van der Waals surface area contributed by atoms with Gasteiger partial charge in [-0.05, 0) is 49.4 Å². The highest BCUT2D eigenvalue weighted by Crippen LogP contribution is 2.48. The number of carbonyl (C=O) groups excluding carboxylic acids is 1. The first-order valence-electron chi connectivity index (χ1n) is 7.48. The summed E-state index contributed by atoms with van der Waals surface area (Å²) in [5.74, 6) is -1.09. The van der Waals surface area contributed by atoms with Gasteiger partial charge in [0.1, 0.15) is 5.82 Å². The fraction of sp³-hybridized carbons (Fsp3) is 0.500. The Bertz CT molecular complexity index is 634. The minimum Gasteiger partial charge on any atom is -0.481 e. The molecule has 2 N–H and O–H groups in total. The molecule has 6 heteroatoms. The maximum absolute atomic E-state index is 13.2. The summed E-state index contributed by atoms with van der Waals surface area (Å²) < 4.78 is 13.2. The number of nitrogens with one attached hydrogen (secondary N) is 1. The highest BCUT2D eigenvalue weighted by Gasteiger charge is 2.55. The average Bonchev–Trinajstić information content (AvgIpc) is 3.00. The SMILES string of the molecule is Cc1cc(NC(=O)N2C[C@@H]3CCC[C@@]3(C(=O)O)C2)ccc1F. The number of hydrogen-bond acceptors (Lipinski definition) is 2. The van der Waals surface area contributed by atoms with Crippen molar-refractivity contribution in [2.24, 2.45) is 11.3 Å². The maximum Gasteiger partial charge on any atom is 0.321 e. The summed E-state index contributed by atoms with van der Waals surface area (Å²) in [6, 6.07) is 4.06. The summed E-state index contributed by atoms with van der Waals surface area (Å²) in [5.41, 5.74) is 0.194. The zero-order valence-corrected chi connectivity index (χ0v) is 12.4. The molecule has 0 spiro atoms. The van der Waals surface area contributed by atoms with Crippen molar-refractivity contribution < 1.29 is 19.1 Å². The lowest BCUT2D eigenvalue weighted by molar-refractivity contribution is -0.149. The number of nitrogens with zero attached hydrogens (tertiary/aromatic N) is 1. The van der Waals surface area contributed by atoms with Crippen LogP contribution in [0.25, 0.3) is 0 Å². The molecule has 22 heavy (non-hydrogen) atoms. The van der Waals surface area contributed by atoms with Gasteiger partial charge in [0.15, 0.2) is 0 Å². The van der Waals surface area contributed by atoms with Crippen LogP contribution < -0.4 is 5.32 Å². The molecule has 3 rings (SSSR count). The summed E-state index contributed by atoms with van der Waals surface area (Å²) in [4.78, 5) is 25.5. The number of urea groups is 1.